The van der Waals surface area contributed by atoms with E-state index in [0.29, 0.717) is 20.9 Å². The fourth-order valence-electron chi connectivity index (χ4n) is 2.86. The van der Waals surface area contributed by atoms with Crippen LogP contribution in [0.3, 0.4) is 0 Å². The molecule has 2 amide bonds. The molecule has 0 atom stereocenters. The lowest BCUT2D eigenvalue weighted by Crippen LogP contribution is -2.34. The van der Waals surface area contributed by atoms with Gasteiger partial charge in [-0.2, -0.15) is 8.42 Å². The predicted octanol–water partition coefficient (Wildman–Crippen LogP) is 3.98. The van der Waals surface area contributed by atoms with Gasteiger partial charge in [0.25, 0.3) is 11.1 Å². The number of halogens is 1. The zero-order valence-corrected chi connectivity index (χ0v) is 22.2. The van der Waals surface area contributed by atoms with E-state index >= 15 is 0 Å². The number of ether oxygens (including phenoxy) is 2. The highest BCUT2D eigenvalue weighted by atomic mass is 127. The zero-order valence-electron chi connectivity index (χ0n) is 18.4. The van der Waals surface area contributed by atoms with Crippen molar-refractivity contribution in [3.05, 3.63) is 56.0 Å². The highest BCUT2D eigenvalue weighted by Gasteiger charge is 2.36. The summed E-state index contributed by atoms with van der Waals surface area (Å²) in [4.78, 5) is 37.1. The van der Waals surface area contributed by atoms with Gasteiger partial charge in [-0.3, -0.25) is 19.3 Å². The maximum atomic E-state index is 12.8. The summed E-state index contributed by atoms with van der Waals surface area (Å²) in [5.41, 5.74) is 1.39. The summed E-state index contributed by atoms with van der Waals surface area (Å²) in [5.74, 6) is -1.17. The number of methoxy groups -OCH3 is 1. The van der Waals surface area contributed by atoms with Crippen molar-refractivity contribution in [1.29, 1.82) is 0 Å². The summed E-state index contributed by atoms with van der Waals surface area (Å²) in [6.45, 7) is 3.33. The van der Waals surface area contributed by atoms with Gasteiger partial charge >= 0.3 is 16.1 Å². The number of hydrogen-bond donors (Lipinski definition) is 0. The number of rotatable bonds is 8. The van der Waals surface area contributed by atoms with Gasteiger partial charge in [0.05, 0.1) is 22.2 Å². The van der Waals surface area contributed by atoms with Crippen molar-refractivity contribution in [2.75, 3.05) is 20.3 Å². The number of aryl methyl sites for hydroxylation is 1. The number of hydrogen-bond acceptors (Lipinski definition) is 9. The van der Waals surface area contributed by atoms with Crippen LogP contribution in [0.25, 0.3) is 6.08 Å². The van der Waals surface area contributed by atoms with Crippen LogP contribution in [0.1, 0.15) is 18.1 Å². The van der Waals surface area contributed by atoms with Gasteiger partial charge in [0, 0.05) is 0 Å². The van der Waals surface area contributed by atoms with Crippen molar-refractivity contribution in [2.24, 2.45) is 0 Å². The highest BCUT2D eigenvalue weighted by molar-refractivity contribution is 14.1. The highest BCUT2D eigenvalue weighted by Crippen LogP contribution is 2.38. The van der Waals surface area contributed by atoms with Gasteiger partial charge in [-0.05, 0) is 84.1 Å². The number of nitrogens with zero attached hydrogens (tertiary/aromatic N) is 1. The predicted molar refractivity (Wildman–Crippen MR) is 134 cm³/mol. The average molecular weight is 617 g/mol. The molecule has 34 heavy (non-hydrogen) atoms. The molecule has 9 nitrogen and oxygen atoms in total. The van der Waals surface area contributed by atoms with Crippen LogP contribution in [0.2, 0.25) is 0 Å². The first kappa shape index (κ1) is 26.0. The first-order chi connectivity index (χ1) is 16.1. The summed E-state index contributed by atoms with van der Waals surface area (Å²) >= 11 is 2.60. The Morgan fingerprint density at radius 3 is 2.47 bits per heavy atom. The maximum Gasteiger partial charge on any atom is 0.339 e. The van der Waals surface area contributed by atoms with Crippen LogP contribution in [0, 0.1) is 10.5 Å². The number of carbonyl (C=O) groups is 3. The SMILES string of the molecule is CCOc1cc(/C=C2\SC(=O)N(CC(=O)OC)C2=O)cc(I)c1OS(=O)(=O)c1ccc(C)cc1. The van der Waals surface area contributed by atoms with E-state index < -0.39 is 33.8 Å². The van der Waals surface area contributed by atoms with E-state index in [1.54, 1.807) is 25.1 Å². The van der Waals surface area contributed by atoms with Crippen molar-refractivity contribution < 1.29 is 36.5 Å². The van der Waals surface area contributed by atoms with E-state index in [0.717, 1.165) is 17.6 Å². The Labute approximate surface area is 214 Å². The van der Waals surface area contributed by atoms with Crippen molar-refractivity contribution in [2.45, 2.75) is 18.7 Å². The lowest BCUT2D eigenvalue weighted by atomic mass is 10.2. The first-order valence-corrected chi connectivity index (χ1v) is 13.2. The second-order valence-electron chi connectivity index (χ2n) is 6.96. The quantitative estimate of drug-likeness (QED) is 0.188. The summed E-state index contributed by atoms with van der Waals surface area (Å²) in [5, 5.41) is -0.592. The zero-order chi connectivity index (χ0) is 25.0. The third-order valence-corrected chi connectivity index (χ3v) is 7.46. The van der Waals surface area contributed by atoms with Gasteiger partial charge in [-0.25, -0.2) is 0 Å². The summed E-state index contributed by atoms with van der Waals surface area (Å²) in [7, 11) is -2.96. The van der Waals surface area contributed by atoms with Crippen molar-refractivity contribution >= 4 is 67.7 Å². The van der Waals surface area contributed by atoms with Crippen LogP contribution in [0.15, 0.2) is 46.2 Å². The molecule has 0 saturated carbocycles. The minimum Gasteiger partial charge on any atom is -0.490 e. The molecular formula is C22H20INO8S2. The Kier molecular flexibility index (Phi) is 8.25. The molecule has 0 spiro atoms. The monoisotopic (exact) mass is 617 g/mol. The van der Waals surface area contributed by atoms with Crippen LogP contribution in [0.4, 0.5) is 4.79 Å². The minimum absolute atomic E-state index is 0.000273. The molecule has 0 aliphatic carbocycles. The number of carbonyl (C=O) groups excluding carboxylic acids is 3. The Morgan fingerprint density at radius 2 is 1.85 bits per heavy atom. The lowest BCUT2D eigenvalue weighted by Gasteiger charge is -2.15. The number of benzene rings is 2. The van der Waals surface area contributed by atoms with Gasteiger partial charge in [-0.15, -0.1) is 0 Å². The van der Waals surface area contributed by atoms with Crippen LogP contribution in [-0.4, -0.2) is 50.7 Å². The van der Waals surface area contributed by atoms with Crippen LogP contribution in [0.5, 0.6) is 11.5 Å². The topological polar surface area (TPSA) is 116 Å². The number of thioether (sulfide) groups is 1. The first-order valence-electron chi connectivity index (χ1n) is 9.85. The van der Waals surface area contributed by atoms with Crippen LogP contribution in [-0.2, 0) is 24.4 Å². The third kappa shape index (κ3) is 5.91. The normalized spacial score (nSPS) is 15.1. The van der Waals surface area contributed by atoms with E-state index in [4.69, 9.17) is 8.92 Å². The molecule has 1 fully saturated rings. The second-order valence-corrected chi connectivity index (χ2v) is 10.7. The van der Waals surface area contributed by atoms with Crippen molar-refractivity contribution in [1.82, 2.24) is 4.90 Å². The Hall–Kier alpha value is -2.58. The molecule has 0 unspecified atom stereocenters. The molecule has 0 aromatic heterocycles. The molecule has 1 aliphatic rings. The van der Waals surface area contributed by atoms with Crippen LogP contribution < -0.4 is 8.92 Å². The number of amides is 2. The van der Waals surface area contributed by atoms with E-state index in [2.05, 4.69) is 4.74 Å². The van der Waals surface area contributed by atoms with Gasteiger partial charge in [0.15, 0.2) is 11.5 Å². The third-order valence-electron chi connectivity index (χ3n) is 4.52. The van der Waals surface area contributed by atoms with Gasteiger partial charge in [0.2, 0.25) is 0 Å². The minimum atomic E-state index is -4.12. The average Bonchev–Trinajstić information content (AvgIpc) is 3.03. The maximum absolute atomic E-state index is 12.8. The number of esters is 1. The Bertz CT molecular complexity index is 1270. The lowest BCUT2D eigenvalue weighted by molar-refractivity contribution is -0.143. The molecule has 2 aromatic rings. The van der Waals surface area contributed by atoms with E-state index in [1.807, 2.05) is 29.5 Å². The van der Waals surface area contributed by atoms with Crippen LogP contribution >= 0.6 is 34.4 Å². The molecule has 180 valence electrons. The van der Waals surface area contributed by atoms with E-state index in [1.165, 1.54) is 24.3 Å². The molecule has 1 heterocycles. The smallest absolute Gasteiger partial charge is 0.339 e. The summed E-state index contributed by atoms with van der Waals surface area (Å²) in [6.07, 6.45) is 1.46. The van der Waals surface area contributed by atoms with E-state index in [-0.39, 0.29) is 27.9 Å². The van der Waals surface area contributed by atoms with Gasteiger partial charge in [0.1, 0.15) is 11.4 Å². The molecular weight excluding hydrogens is 597 g/mol. The van der Waals surface area contributed by atoms with E-state index in [9.17, 15) is 22.8 Å². The molecule has 2 aromatic carbocycles. The molecule has 1 saturated heterocycles. The van der Waals surface area contributed by atoms with Gasteiger partial charge in [-0.1, -0.05) is 17.7 Å². The molecule has 1 aliphatic heterocycles. The summed E-state index contributed by atoms with van der Waals surface area (Å²) in [6, 6.07) is 9.35. The molecule has 0 N–H and O–H groups in total. The Morgan fingerprint density at radius 1 is 1.18 bits per heavy atom. The Balaban J connectivity index is 1.94. The van der Waals surface area contributed by atoms with Crippen molar-refractivity contribution in [3.8, 4) is 11.5 Å². The molecule has 3 rings (SSSR count). The summed E-state index contributed by atoms with van der Waals surface area (Å²) < 4.78 is 41.5. The fraction of sp³-hybridized carbons (Fsp3) is 0.227. The fourth-order valence-corrected chi connectivity index (χ4v) is 5.54. The largest absolute Gasteiger partial charge is 0.490 e. The van der Waals surface area contributed by atoms with Gasteiger partial charge < -0.3 is 13.7 Å². The molecule has 0 radical (unpaired) electrons. The number of imide groups is 1. The van der Waals surface area contributed by atoms with Crippen molar-refractivity contribution in [3.63, 3.8) is 0 Å². The second kappa shape index (κ2) is 10.8. The standard InChI is InChI=1S/C22H20INO8S2/c1-4-31-17-10-14(11-18-21(26)24(22(27)33-18)12-19(25)30-3)9-16(23)20(17)32-34(28,29)15-7-5-13(2)6-8-15/h5-11H,4,12H2,1-3H3/b18-11-. The molecule has 12 heteroatoms. The molecule has 0 bridgehead atoms.